The third-order valence-electron chi connectivity index (χ3n) is 4.11. The van der Waals surface area contributed by atoms with Crippen LogP contribution in [0, 0.1) is 6.92 Å². The highest BCUT2D eigenvalue weighted by Gasteiger charge is 2.21. The zero-order chi connectivity index (χ0) is 16.9. The second-order valence-corrected chi connectivity index (χ2v) is 5.86. The third-order valence-corrected chi connectivity index (χ3v) is 4.11. The minimum atomic E-state index is 0.188. The summed E-state index contributed by atoms with van der Waals surface area (Å²) in [6.45, 7) is 6.29. The first-order valence-electron chi connectivity index (χ1n) is 8.05. The highest BCUT2D eigenvalue weighted by atomic mass is 16.3. The Morgan fingerprint density at radius 2 is 1.96 bits per heavy atom. The molecule has 0 aromatic carbocycles. The predicted molar refractivity (Wildman–Crippen MR) is 94.4 cm³/mol. The second-order valence-electron chi connectivity index (χ2n) is 5.86. The van der Waals surface area contributed by atoms with Gasteiger partial charge in [-0.1, -0.05) is 6.07 Å². The van der Waals surface area contributed by atoms with E-state index in [0.717, 1.165) is 37.6 Å². The van der Waals surface area contributed by atoms with Crippen molar-refractivity contribution in [3.8, 4) is 0 Å². The molecule has 0 unspecified atom stereocenters. The smallest absolute Gasteiger partial charge is 0.160 e. The first-order chi connectivity index (χ1) is 11.7. The van der Waals surface area contributed by atoms with Gasteiger partial charge in [-0.15, -0.1) is 0 Å². The van der Waals surface area contributed by atoms with Crippen LogP contribution in [0.1, 0.15) is 5.56 Å². The number of nitrogens with zero attached hydrogens (tertiary/aromatic N) is 5. The Bertz CT molecular complexity index is 669. The summed E-state index contributed by atoms with van der Waals surface area (Å²) in [5, 5.41) is 12.2. The van der Waals surface area contributed by atoms with Crippen LogP contribution in [0.2, 0.25) is 0 Å². The Morgan fingerprint density at radius 1 is 1.17 bits per heavy atom. The van der Waals surface area contributed by atoms with E-state index in [-0.39, 0.29) is 6.61 Å². The summed E-state index contributed by atoms with van der Waals surface area (Å²) in [5.74, 6) is 2.00. The molecule has 1 saturated heterocycles. The molecule has 4 N–H and O–H groups in total. The minimum absolute atomic E-state index is 0.188. The van der Waals surface area contributed by atoms with Crippen molar-refractivity contribution in [2.24, 2.45) is 0 Å². The summed E-state index contributed by atoms with van der Waals surface area (Å²) in [6, 6.07) is 3.87. The first kappa shape index (κ1) is 16.4. The fourth-order valence-corrected chi connectivity index (χ4v) is 2.73. The van der Waals surface area contributed by atoms with Crippen LogP contribution in [-0.4, -0.2) is 64.3 Å². The normalized spacial score (nSPS) is 15.5. The predicted octanol–water partition coefficient (Wildman–Crippen LogP) is 0.620. The van der Waals surface area contributed by atoms with Gasteiger partial charge in [-0.25, -0.2) is 15.0 Å². The van der Waals surface area contributed by atoms with Gasteiger partial charge in [-0.2, -0.15) is 0 Å². The molecule has 2 aromatic heterocycles. The Labute approximate surface area is 141 Å². The van der Waals surface area contributed by atoms with Crippen LogP contribution < -0.4 is 16.0 Å². The van der Waals surface area contributed by atoms with E-state index in [1.54, 1.807) is 6.20 Å². The lowest BCUT2D eigenvalue weighted by Gasteiger charge is -2.35. The average molecular weight is 329 g/mol. The number of pyridine rings is 1. The average Bonchev–Trinajstić information content (AvgIpc) is 2.60. The molecule has 3 rings (SSSR count). The maximum Gasteiger partial charge on any atom is 0.160 e. The summed E-state index contributed by atoms with van der Waals surface area (Å²) >= 11 is 0. The summed E-state index contributed by atoms with van der Waals surface area (Å²) in [5.41, 5.74) is 7.89. The Balaban J connectivity index is 1.73. The number of hydrogen-bond acceptors (Lipinski definition) is 8. The van der Waals surface area contributed by atoms with Gasteiger partial charge in [0, 0.05) is 38.9 Å². The number of β-amino-alcohol motifs (C(OH)–C–C–N with tert-alkyl or cyclic N) is 1. The first-order valence-corrected chi connectivity index (χ1v) is 8.05. The van der Waals surface area contributed by atoms with Gasteiger partial charge in [0.25, 0.3) is 0 Å². The number of nitrogens with two attached hydrogens (primary N) is 1. The number of piperazine rings is 1. The molecule has 128 valence electrons. The SMILES string of the molecule is Cc1ccc(Nc2ncnc(N3CCN(CCO)CC3)c2N)nc1. The molecule has 8 heteroatoms. The molecule has 0 spiro atoms. The van der Waals surface area contributed by atoms with E-state index >= 15 is 0 Å². The van der Waals surface area contributed by atoms with Crippen LogP contribution in [0.5, 0.6) is 0 Å². The number of rotatable bonds is 5. The van der Waals surface area contributed by atoms with Gasteiger partial charge in [0.2, 0.25) is 0 Å². The highest BCUT2D eigenvalue weighted by Crippen LogP contribution is 2.28. The van der Waals surface area contributed by atoms with Crippen molar-refractivity contribution < 1.29 is 5.11 Å². The number of anilines is 4. The molecular weight excluding hydrogens is 306 g/mol. The standard InChI is InChI=1S/C16H23N7O/c1-12-2-3-13(18-10-12)21-15-14(17)16(20-11-19-15)23-6-4-22(5-7-23)8-9-24/h2-3,10-11,24H,4-9,17H2,1H3,(H,18,19,20,21). The molecule has 3 heterocycles. The highest BCUT2D eigenvalue weighted by molar-refractivity contribution is 5.77. The Kier molecular flexibility index (Phi) is 5.07. The number of aryl methyl sites for hydroxylation is 1. The molecule has 0 saturated carbocycles. The van der Waals surface area contributed by atoms with E-state index in [1.807, 2.05) is 19.1 Å². The minimum Gasteiger partial charge on any atom is -0.395 e. The van der Waals surface area contributed by atoms with Crippen molar-refractivity contribution >= 4 is 23.1 Å². The van der Waals surface area contributed by atoms with E-state index in [9.17, 15) is 0 Å². The van der Waals surface area contributed by atoms with Crippen molar-refractivity contribution in [3.05, 3.63) is 30.2 Å². The van der Waals surface area contributed by atoms with Crippen molar-refractivity contribution in [2.45, 2.75) is 6.92 Å². The molecule has 1 aliphatic rings. The lowest BCUT2D eigenvalue weighted by atomic mass is 10.3. The van der Waals surface area contributed by atoms with Crippen LogP contribution in [0.3, 0.4) is 0 Å². The number of nitrogens with one attached hydrogen (secondary N) is 1. The third kappa shape index (κ3) is 3.72. The molecule has 0 aliphatic carbocycles. The van der Waals surface area contributed by atoms with Crippen molar-refractivity contribution in [1.29, 1.82) is 0 Å². The Hall–Kier alpha value is -2.45. The molecule has 1 fully saturated rings. The molecule has 1 aliphatic heterocycles. The lowest BCUT2D eigenvalue weighted by Crippen LogP contribution is -2.47. The van der Waals surface area contributed by atoms with E-state index in [2.05, 4.69) is 30.1 Å². The van der Waals surface area contributed by atoms with Crippen LogP contribution in [0.25, 0.3) is 0 Å². The number of hydrogen-bond donors (Lipinski definition) is 3. The molecular formula is C16H23N7O. The molecule has 8 nitrogen and oxygen atoms in total. The van der Waals surface area contributed by atoms with Gasteiger partial charge in [-0.3, -0.25) is 4.90 Å². The molecule has 0 atom stereocenters. The van der Waals surface area contributed by atoms with E-state index < -0.39 is 0 Å². The topological polar surface area (TPSA) is 103 Å². The van der Waals surface area contributed by atoms with E-state index in [0.29, 0.717) is 23.9 Å². The number of aliphatic hydroxyl groups excluding tert-OH is 1. The quantitative estimate of drug-likeness (QED) is 0.733. The molecule has 2 aromatic rings. The Morgan fingerprint density at radius 3 is 2.62 bits per heavy atom. The van der Waals surface area contributed by atoms with Crippen molar-refractivity contribution in [2.75, 3.05) is 55.3 Å². The zero-order valence-electron chi connectivity index (χ0n) is 13.8. The zero-order valence-corrected chi connectivity index (χ0v) is 13.8. The van der Waals surface area contributed by atoms with Crippen molar-refractivity contribution in [1.82, 2.24) is 19.9 Å². The van der Waals surface area contributed by atoms with Crippen LogP contribution in [0.4, 0.5) is 23.1 Å². The molecule has 0 radical (unpaired) electrons. The molecule has 24 heavy (non-hydrogen) atoms. The van der Waals surface area contributed by atoms with Gasteiger partial charge in [0.1, 0.15) is 17.8 Å². The largest absolute Gasteiger partial charge is 0.395 e. The van der Waals surface area contributed by atoms with E-state index in [4.69, 9.17) is 10.8 Å². The van der Waals surface area contributed by atoms with Crippen LogP contribution >= 0.6 is 0 Å². The maximum absolute atomic E-state index is 9.03. The monoisotopic (exact) mass is 329 g/mol. The van der Waals surface area contributed by atoms with Crippen molar-refractivity contribution in [3.63, 3.8) is 0 Å². The number of nitrogen functional groups attached to an aromatic ring is 1. The fraction of sp³-hybridized carbons (Fsp3) is 0.438. The molecule has 0 amide bonds. The second kappa shape index (κ2) is 7.41. The maximum atomic E-state index is 9.03. The summed E-state index contributed by atoms with van der Waals surface area (Å²) in [7, 11) is 0. The molecule has 0 bridgehead atoms. The van der Waals surface area contributed by atoms with E-state index in [1.165, 1.54) is 6.33 Å². The van der Waals surface area contributed by atoms with Gasteiger partial charge in [-0.05, 0) is 18.6 Å². The van der Waals surface area contributed by atoms with Crippen LogP contribution in [-0.2, 0) is 0 Å². The van der Waals surface area contributed by atoms with Gasteiger partial charge < -0.3 is 21.1 Å². The summed E-state index contributed by atoms with van der Waals surface area (Å²) in [4.78, 5) is 17.3. The fourth-order valence-electron chi connectivity index (χ4n) is 2.73. The summed E-state index contributed by atoms with van der Waals surface area (Å²) in [6.07, 6.45) is 3.31. The summed E-state index contributed by atoms with van der Waals surface area (Å²) < 4.78 is 0. The van der Waals surface area contributed by atoms with Gasteiger partial charge in [0.05, 0.1) is 6.61 Å². The number of aromatic nitrogens is 3. The van der Waals surface area contributed by atoms with Gasteiger partial charge in [0.15, 0.2) is 11.6 Å². The van der Waals surface area contributed by atoms with Gasteiger partial charge >= 0.3 is 0 Å². The lowest BCUT2D eigenvalue weighted by molar-refractivity contribution is 0.188. The number of aliphatic hydroxyl groups is 1. The van der Waals surface area contributed by atoms with Crippen LogP contribution in [0.15, 0.2) is 24.7 Å².